The van der Waals surface area contributed by atoms with E-state index in [0.29, 0.717) is 23.8 Å². The summed E-state index contributed by atoms with van der Waals surface area (Å²) in [5, 5.41) is 4.27. The lowest BCUT2D eigenvalue weighted by Crippen LogP contribution is -2.48. The summed E-state index contributed by atoms with van der Waals surface area (Å²) in [6, 6.07) is 8.69. The van der Waals surface area contributed by atoms with E-state index in [1.807, 2.05) is 24.3 Å². The van der Waals surface area contributed by atoms with Crippen molar-refractivity contribution in [3.63, 3.8) is 0 Å². The maximum absolute atomic E-state index is 12.7. The molecule has 1 aromatic carbocycles. The minimum Gasteiger partial charge on any atom is -0.340 e. The second-order valence-electron chi connectivity index (χ2n) is 6.93. The fraction of sp³-hybridized carbons (Fsp3) is 0.474. The highest BCUT2D eigenvalue weighted by Crippen LogP contribution is 2.28. The van der Waals surface area contributed by atoms with Gasteiger partial charge in [-0.3, -0.25) is 14.4 Å². The van der Waals surface area contributed by atoms with Crippen LogP contribution < -0.4 is 0 Å². The Morgan fingerprint density at radius 2 is 1.79 bits per heavy atom. The zero-order valence-corrected chi connectivity index (χ0v) is 16.3. The third kappa shape index (κ3) is 5.26. The Labute approximate surface area is 166 Å². The molecule has 9 heteroatoms. The standard InChI is InChI=1S/C19H22ClF3N4O/c1-14-12-17(19(21,22)23)24-27(14)7-6-18(28)26-10-8-25(9-11-26)13-15-2-4-16(20)5-3-15/h2-5,12H,6-11,13H2,1H3. The van der Waals surface area contributed by atoms with E-state index in [4.69, 9.17) is 11.6 Å². The van der Waals surface area contributed by atoms with Crippen LogP contribution >= 0.6 is 11.6 Å². The van der Waals surface area contributed by atoms with Crippen molar-refractivity contribution in [2.45, 2.75) is 32.6 Å². The number of aromatic nitrogens is 2. The molecule has 2 aromatic rings. The largest absolute Gasteiger partial charge is 0.435 e. The summed E-state index contributed by atoms with van der Waals surface area (Å²) < 4.78 is 39.4. The van der Waals surface area contributed by atoms with Crippen LogP contribution in [0.1, 0.15) is 23.4 Å². The average molecular weight is 415 g/mol. The Morgan fingerprint density at radius 1 is 1.14 bits per heavy atom. The zero-order chi connectivity index (χ0) is 20.3. The SMILES string of the molecule is Cc1cc(C(F)(F)F)nn1CCC(=O)N1CCN(Cc2ccc(Cl)cc2)CC1. The number of rotatable bonds is 5. The first-order valence-corrected chi connectivity index (χ1v) is 9.46. The summed E-state index contributed by atoms with van der Waals surface area (Å²) in [7, 11) is 0. The van der Waals surface area contributed by atoms with Crippen molar-refractivity contribution in [2.24, 2.45) is 0 Å². The number of hydrogen-bond donors (Lipinski definition) is 0. The predicted octanol–water partition coefficient (Wildman–Crippen LogP) is 3.60. The average Bonchev–Trinajstić information content (AvgIpc) is 3.03. The first-order chi connectivity index (χ1) is 13.2. The Hall–Kier alpha value is -2.06. The number of benzene rings is 1. The Balaban J connectivity index is 1.46. The number of carbonyl (C=O) groups excluding carboxylic acids is 1. The Kier molecular flexibility index (Phi) is 6.30. The lowest BCUT2D eigenvalue weighted by atomic mass is 10.2. The minimum absolute atomic E-state index is 0.0606. The smallest absolute Gasteiger partial charge is 0.340 e. The highest BCUT2D eigenvalue weighted by molar-refractivity contribution is 6.30. The van der Waals surface area contributed by atoms with Gasteiger partial charge in [0, 0.05) is 56.4 Å². The Morgan fingerprint density at radius 3 is 2.36 bits per heavy atom. The van der Waals surface area contributed by atoms with Crippen LogP contribution in [0.5, 0.6) is 0 Å². The van der Waals surface area contributed by atoms with E-state index >= 15 is 0 Å². The van der Waals surface area contributed by atoms with Crippen molar-refractivity contribution < 1.29 is 18.0 Å². The van der Waals surface area contributed by atoms with E-state index in [1.165, 1.54) is 10.2 Å². The van der Waals surface area contributed by atoms with E-state index in [1.54, 1.807) is 11.8 Å². The predicted molar refractivity (Wildman–Crippen MR) is 99.9 cm³/mol. The van der Waals surface area contributed by atoms with Crippen LogP contribution in [-0.2, 0) is 24.1 Å². The molecule has 5 nitrogen and oxygen atoms in total. The van der Waals surface area contributed by atoms with Crippen LogP contribution in [0.25, 0.3) is 0 Å². The maximum Gasteiger partial charge on any atom is 0.435 e. The van der Waals surface area contributed by atoms with Gasteiger partial charge in [0.25, 0.3) is 0 Å². The van der Waals surface area contributed by atoms with Crippen LogP contribution in [-0.4, -0.2) is 51.7 Å². The minimum atomic E-state index is -4.47. The second kappa shape index (κ2) is 8.53. The van der Waals surface area contributed by atoms with E-state index in [2.05, 4.69) is 10.00 Å². The van der Waals surface area contributed by atoms with Crippen LogP contribution in [0.3, 0.4) is 0 Å². The highest BCUT2D eigenvalue weighted by atomic mass is 35.5. The van der Waals surface area contributed by atoms with Gasteiger partial charge in [0.2, 0.25) is 5.91 Å². The van der Waals surface area contributed by atoms with Crippen LogP contribution in [0.4, 0.5) is 13.2 Å². The molecule has 0 saturated carbocycles. The van der Waals surface area contributed by atoms with Crippen LogP contribution in [0.15, 0.2) is 30.3 Å². The molecule has 0 aliphatic carbocycles. The normalized spacial score (nSPS) is 15.8. The zero-order valence-electron chi connectivity index (χ0n) is 15.5. The summed E-state index contributed by atoms with van der Waals surface area (Å²) in [4.78, 5) is 16.4. The molecule has 0 spiro atoms. The summed E-state index contributed by atoms with van der Waals surface area (Å²) in [5.41, 5.74) is 0.639. The van der Waals surface area contributed by atoms with Gasteiger partial charge in [-0.05, 0) is 30.7 Å². The number of alkyl halides is 3. The van der Waals surface area contributed by atoms with Gasteiger partial charge in [-0.1, -0.05) is 23.7 Å². The van der Waals surface area contributed by atoms with Crippen LogP contribution in [0, 0.1) is 6.92 Å². The summed E-state index contributed by atoms with van der Waals surface area (Å²) in [5.74, 6) is -0.0606. The summed E-state index contributed by atoms with van der Waals surface area (Å²) in [6.45, 7) is 5.23. The molecule has 1 aliphatic rings. The Bertz CT molecular complexity index is 812. The molecule has 1 amide bonds. The third-order valence-corrected chi connectivity index (χ3v) is 5.11. The van der Waals surface area contributed by atoms with E-state index in [-0.39, 0.29) is 18.9 Å². The fourth-order valence-electron chi connectivity index (χ4n) is 3.24. The monoisotopic (exact) mass is 414 g/mol. The van der Waals surface area contributed by atoms with Gasteiger partial charge >= 0.3 is 6.18 Å². The molecule has 2 heterocycles. The van der Waals surface area contributed by atoms with Crippen LogP contribution in [0.2, 0.25) is 5.02 Å². The summed E-state index contributed by atoms with van der Waals surface area (Å²) in [6.07, 6.45) is -4.34. The van der Waals surface area contributed by atoms with Gasteiger partial charge in [-0.15, -0.1) is 0 Å². The van der Waals surface area contributed by atoms with Crippen molar-refractivity contribution in [1.29, 1.82) is 0 Å². The molecular formula is C19H22ClF3N4O. The third-order valence-electron chi connectivity index (χ3n) is 4.85. The quantitative estimate of drug-likeness (QED) is 0.750. The van der Waals surface area contributed by atoms with Gasteiger partial charge in [-0.2, -0.15) is 18.3 Å². The first kappa shape index (κ1) is 20.7. The molecule has 1 fully saturated rings. The molecule has 28 heavy (non-hydrogen) atoms. The molecule has 152 valence electrons. The molecule has 0 radical (unpaired) electrons. The maximum atomic E-state index is 12.7. The molecule has 1 aliphatic heterocycles. The van der Waals surface area contributed by atoms with Crippen molar-refractivity contribution in [3.8, 4) is 0 Å². The summed E-state index contributed by atoms with van der Waals surface area (Å²) >= 11 is 5.90. The molecule has 0 N–H and O–H groups in total. The molecule has 1 saturated heterocycles. The van der Waals surface area contributed by atoms with Gasteiger partial charge in [0.1, 0.15) is 0 Å². The number of hydrogen-bond acceptors (Lipinski definition) is 3. The van der Waals surface area contributed by atoms with Crippen molar-refractivity contribution >= 4 is 17.5 Å². The lowest BCUT2D eigenvalue weighted by molar-refractivity contribution is -0.141. The number of carbonyl (C=O) groups is 1. The van der Waals surface area contributed by atoms with E-state index in [9.17, 15) is 18.0 Å². The number of piperazine rings is 1. The number of halogens is 4. The van der Waals surface area contributed by atoms with Gasteiger partial charge in [-0.25, -0.2) is 0 Å². The number of amides is 1. The number of aryl methyl sites for hydroxylation is 2. The fourth-order valence-corrected chi connectivity index (χ4v) is 3.36. The molecule has 0 atom stereocenters. The molecule has 3 rings (SSSR count). The second-order valence-corrected chi connectivity index (χ2v) is 7.36. The van der Waals surface area contributed by atoms with Crippen molar-refractivity contribution in [2.75, 3.05) is 26.2 Å². The first-order valence-electron chi connectivity index (χ1n) is 9.08. The molecule has 0 bridgehead atoms. The molecular weight excluding hydrogens is 393 g/mol. The molecule has 0 unspecified atom stereocenters. The van der Waals surface area contributed by atoms with Gasteiger partial charge in [0.05, 0.1) is 0 Å². The van der Waals surface area contributed by atoms with Gasteiger partial charge in [0.15, 0.2) is 5.69 Å². The highest BCUT2D eigenvalue weighted by Gasteiger charge is 2.34. The lowest BCUT2D eigenvalue weighted by Gasteiger charge is -2.34. The van der Waals surface area contributed by atoms with Gasteiger partial charge < -0.3 is 4.90 Å². The molecule has 1 aromatic heterocycles. The van der Waals surface area contributed by atoms with Crippen molar-refractivity contribution in [3.05, 3.63) is 52.3 Å². The van der Waals surface area contributed by atoms with Crippen molar-refractivity contribution in [1.82, 2.24) is 19.6 Å². The number of nitrogens with zero attached hydrogens (tertiary/aromatic N) is 4. The van der Waals surface area contributed by atoms with E-state index < -0.39 is 11.9 Å². The van der Waals surface area contributed by atoms with E-state index in [0.717, 1.165) is 25.7 Å². The topological polar surface area (TPSA) is 41.4 Å².